The number of ether oxygens (including phenoxy) is 2. The first-order valence-corrected chi connectivity index (χ1v) is 9.13. The number of carbonyl (C=O) groups is 1. The predicted octanol–water partition coefficient (Wildman–Crippen LogP) is 3.17. The van der Waals surface area contributed by atoms with Gasteiger partial charge < -0.3 is 14.6 Å². The van der Waals surface area contributed by atoms with Gasteiger partial charge in [-0.3, -0.25) is 9.69 Å². The Labute approximate surface area is 150 Å². The highest BCUT2D eigenvalue weighted by Crippen LogP contribution is 2.35. The molecule has 0 aliphatic carbocycles. The van der Waals surface area contributed by atoms with E-state index in [2.05, 4.69) is 0 Å². The van der Waals surface area contributed by atoms with Crippen molar-refractivity contribution in [2.45, 2.75) is 25.9 Å². The van der Waals surface area contributed by atoms with Gasteiger partial charge in [0.15, 0.2) is 11.5 Å². The molecule has 1 atom stereocenters. The minimum atomic E-state index is -0.0912. The van der Waals surface area contributed by atoms with E-state index < -0.39 is 0 Å². The van der Waals surface area contributed by atoms with Crippen LogP contribution in [-0.4, -0.2) is 46.1 Å². The van der Waals surface area contributed by atoms with Crippen LogP contribution in [0.1, 0.15) is 25.3 Å². The molecule has 1 unspecified atom stereocenters. The summed E-state index contributed by atoms with van der Waals surface area (Å²) in [6, 6.07) is 5.01. The van der Waals surface area contributed by atoms with Gasteiger partial charge >= 0.3 is 0 Å². The molecule has 2 fully saturated rings. The standard InChI is InChI=1S/C17H19NO4S2/c1-2-21-14-8-11(5-6-13(14)19)9-15-16(20)18(17(23)24-15)10-12-4-3-7-22-12/h5-6,8-9,12,19H,2-4,7,10H2,1H3/b15-9-. The third-order valence-electron chi connectivity index (χ3n) is 3.87. The van der Waals surface area contributed by atoms with E-state index in [4.69, 9.17) is 21.7 Å². The Morgan fingerprint density at radius 1 is 1.54 bits per heavy atom. The minimum Gasteiger partial charge on any atom is -0.504 e. The number of hydrogen-bond donors (Lipinski definition) is 1. The highest BCUT2D eigenvalue weighted by atomic mass is 32.2. The number of hydrogen-bond acceptors (Lipinski definition) is 6. The monoisotopic (exact) mass is 365 g/mol. The molecule has 1 aromatic carbocycles. The van der Waals surface area contributed by atoms with Crippen LogP contribution in [0.4, 0.5) is 0 Å². The summed E-state index contributed by atoms with van der Waals surface area (Å²) in [6.07, 6.45) is 3.84. The van der Waals surface area contributed by atoms with Gasteiger partial charge in [0.05, 0.1) is 24.2 Å². The quantitative estimate of drug-likeness (QED) is 0.639. The van der Waals surface area contributed by atoms with Gasteiger partial charge in [0.25, 0.3) is 5.91 Å². The Hall–Kier alpha value is -1.57. The number of thioether (sulfide) groups is 1. The van der Waals surface area contributed by atoms with E-state index in [9.17, 15) is 9.90 Å². The second kappa shape index (κ2) is 7.55. The summed E-state index contributed by atoms with van der Waals surface area (Å²) in [5.41, 5.74) is 0.786. The molecule has 128 valence electrons. The second-order valence-corrected chi connectivity index (χ2v) is 7.26. The molecule has 1 aromatic rings. The molecule has 0 aromatic heterocycles. The van der Waals surface area contributed by atoms with E-state index >= 15 is 0 Å². The lowest BCUT2D eigenvalue weighted by molar-refractivity contribution is -0.123. The number of thiocarbonyl (C=S) groups is 1. The number of amides is 1. The molecule has 0 bridgehead atoms. The fourth-order valence-corrected chi connectivity index (χ4v) is 3.97. The lowest BCUT2D eigenvalue weighted by Gasteiger charge is -2.18. The first kappa shape index (κ1) is 17.3. The molecule has 0 saturated carbocycles. The molecule has 1 N–H and O–H groups in total. The molecule has 2 heterocycles. The van der Waals surface area contributed by atoms with Crippen LogP contribution in [0.15, 0.2) is 23.1 Å². The Bertz CT molecular complexity index is 683. The van der Waals surface area contributed by atoms with Crippen molar-refractivity contribution >= 4 is 40.3 Å². The van der Waals surface area contributed by atoms with Gasteiger partial charge in [0, 0.05) is 6.61 Å². The zero-order valence-electron chi connectivity index (χ0n) is 13.4. The Morgan fingerprint density at radius 2 is 2.38 bits per heavy atom. The molecule has 3 rings (SSSR count). The maximum absolute atomic E-state index is 12.6. The van der Waals surface area contributed by atoms with Crippen molar-refractivity contribution in [3.63, 3.8) is 0 Å². The van der Waals surface area contributed by atoms with Crippen LogP contribution in [0, 0.1) is 0 Å². The maximum Gasteiger partial charge on any atom is 0.266 e. The predicted molar refractivity (Wildman–Crippen MR) is 98.1 cm³/mol. The van der Waals surface area contributed by atoms with E-state index in [1.807, 2.05) is 6.92 Å². The van der Waals surface area contributed by atoms with Crippen molar-refractivity contribution < 1.29 is 19.4 Å². The summed E-state index contributed by atoms with van der Waals surface area (Å²) in [5, 5.41) is 9.76. The maximum atomic E-state index is 12.6. The fraction of sp³-hybridized carbons (Fsp3) is 0.412. The van der Waals surface area contributed by atoms with Crippen molar-refractivity contribution in [3.8, 4) is 11.5 Å². The fourth-order valence-electron chi connectivity index (χ4n) is 2.69. The number of carbonyl (C=O) groups excluding carboxylic acids is 1. The summed E-state index contributed by atoms with van der Waals surface area (Å²) >= 11 is 6.63. The van der Waals surface area contributed by atoms with Crippen LogP contribution >= 0.6 is 24.0 Å². The van der Waals surface area contributed by atoms with Gasteiger partial charge in [-0.05, 0) is 43.5 Å². The average molecular weight is 365 g/mol. The molecule has 5 nitrogen and oxygen atoms in total. The van der Waals surface area contributed by atoms with Crippen LogP contribution in [0.2, 0.25) is 0 Å². The Balaban J connectivity index is 1.77. The van der Waals surface area contributed by atoms with Crippen molar-refractivity contribution in [2.75, 3.05) is 19.8 Å². The summed E-state index contributed by atoms with van der Waals surface area (Å²) in [7, 11) is 0. The summed E-state index contributed by atoms with van der Waals surface area (Å²) in [6.45, 7) is 3.58. The Morgan fingerprint density at radius 3 is 3.08 bits per heavy atom. The summed E-state index contributed by atoms with van der Waals surface area (Å²) in [5.74, 6) is 0.396. The van der Waals surface area contributed by atoms with Crippen LogP contribution in [0.3, 0.4) is 0 Å². The lowest BCUT2D eigenvalue weighted by Crippen LogP contribution is -2.35. The zero-order chi connectivity index (χ0) is 17.1. The third-order valence-corrected chi connectivity index (χ3v) is 5.24. The first-order chi connectivity index (χ1) is 11.6. The third kappa shape index (κ3) is 3.74. The molecule has 1 amide bonds. The van der Waals surface area contributed by atoms with Gasteiger partial charge in [0.1, 0.15) is 4.32 Å². The van der Waals surface area contributed by atoms with Crippen LogP contribution in [0.5, 0.6) is 11.5 Å². The molecule has 7 heteroatoms. The van der Waals surface area contributed by atoms with Crippen molar-refractivity contribution in [3.05, 3.63) is 28.7 Å². The van der Waals surface area contributed by atoms with E-state index in [0.717, 1.165) is 25.0 Å². The van der Waals surface area contributed by atoms with Gasteiger partial charge in [-0.15, -0.1) is 0 Å². The normalized spacial score (nSPS) is 22.6. The molecular formula is C17H19NO4S2. The highest BCUT2D eigenvalue weighted by molar-refractivity contribution is 8.26. The average Bonchev–Trinajstić information content (AvgIpc) is 3.15. The number of aromatic hydroxyl groups is 1. The lowest BCUT2D eigenvalue weighted by atomic mass is 10.2. The van der Waals surface area contributed by atoms with E-state index in [1.165, 1.54) is 11.8 Å². The molecule has 0 spiro atoms. The SMILES string of the molecule is CCOc1cc(/C=C2\SC(=S)N(CC3CCCO3)C2=O)ccc1O. The number of phenolic OH excluding ortho intramolecular Hbond substituents is 1. The highest BCUT2D eigenvalue weighted by Gasteiger charge is 2.34. The molecular weight excluding hydrogens is 346 g/mol. The first-order valence-electron chi connectivity index (χ1n) is 7.91. The Kier molecular flexibility index (Phi) is 5.43. The van der Waals surface area contributed by atoms with Gasteiger partial charge in [0.2, 0.25) is 0 Å². The topological polar surface area (TPSA) is 59.0 Å². The van der Waals surface area contributed by atoms with Crippen molar-refractivity contribution in [1.82, 2.24) is 4.90 Å². The summed E-state index contributed by atoms with van der Waals surface area (Å²) in [4.78, 5) is 14.8. The minimum absolute atomic E-state index is 0.0741. The molecule has 0 radical (unpaired) electrons. The second-order valence-electron chi connectivity index (χ2n) is 5.59. The van der Waals surface area contributed by atoms with Gasteiger partial charge in [-0.25, -0.2) is 0 Å². The van der Waals surface area contributed by atoms with Gasteiger partial charge in [-0.1, -0.05) is 30.0 Å². The summed E-state index contributed by atoms with van der Waals surface area (Å²) < 4.78 is 11.5. The van der Waals surface area contributed by atoms with Crippen molar-refractivity contribution in [2.24, 2.45) is 0 Å². The van der Waals surface area contributed by atoms with Gasteiger partial charge in [-0.2, -0.15) is 0 Å². The number of rotatable bonds is 5. The van der Waals surface area contributed by atoms with Crippen molar-refractivity contribution in [1.29, 1.82) is 0 Å². The van der Waals surface area contributed by atoms with E-state index in [1.54, 1.807) is 29.2 Å². The van der Waals surface area contributed by atoms with E-state index in [0.29, 0.717) is 28.1 Å². The molecule has 2 aliphatic rings. The number of phenols is 1. The molecule has 2 aliphatic heterocycles. The largest absolute Gasteiger partial charge is 0.504 e. The molecule has 2 saturated heterocycles. The molecule has 24 heavy (non-hydrogen) atoms. The van der Waals surface area contributed by atoms with Crippen LogP contribution in [0.25, 0.3) is 6.08 Å². The zero-order valence-corrected chi connectivity index (χ0v) is 15.0. The van der Waals surface area contributed by atoms with Crippen LogP contribution in [-0.2, 0) is 9.53 Å². The van der Waals surface area contributed by atoms with Crippen LogP contribution < -0.4 is 4.74 Å². The number of benzene rings is 1. The van der Waals surface area contributed by atoms with E-state index in [-0.39, 0.29) is 17.8 Å². The number of nitrogens with zero attached hydrogens (tertiary/aromatic N) is 1. The smallest absolute Gasteiger partial charge is 0.266 e.